The van der Waals surface area contributed by atoms with Gasteiger partial charge in [0, 0.05) is 43.0 Å². The fourth-order valence-electron chi connectivity index (χ4n) is 4.05. The summed E-state index contributed by atoms with van der Waals surface area (Å²) in [7, 11) is 3.50. The van der Waals surface area contributed by atoms with Crippen LogP contribution in [0.5, 0.6) is 5.75 Å². The molecule has 1 aliphatic heterocycles. The highest BCUT2D eigenvalue weighted by atomic mass is 19.3. The Kier molecular flexibility index (Phi) is 4.37. The van der Waals surface area contributed by atoms with Gasteiger partial charge in [-0.15, -0.1) is 10.2 Å². The fourth-order valence-corrected chi connectivity index (χ4v) is 4.05. The molecule has 12 heteroatoms. The molecule has 1 aromatic carbocycles. The Bertz CT molecular complexity index is 1660. The molecule has 5 heterocycles. The number of nitrogens with zero attached hydrogens (tertiary/aromatic N) is 8. The first kappa shape index (κ1) is 21.1. The van der Waals surface area contributed by atoms with E-state index in [1.807, 2.05) is 0 Å². The van der Waals surface area contributed by atoms with Crippen LogP contribution >= 0.6 is 0 Å². The molecule has 0 radical (unpaired) electrons. The average molecular weight is 478 g/mol. The van der Waals surface area contributed by atoms with E-state index >= 15 is 13.2 Å². The highest BCUT2D eigenvalue weighted by Gasteiger charge is 2.43. The zero-order valence-electron chi connectivity index (χ0n) is 18.6. The molecule has 0 N–H and O–H groups in total. The third-order valence-electron chi connectivity index (χ3n) is 5.99. The maximum Gasteiger partial charge on any atom is 0.336 e. The first-order chi connectivity index (χ1) is 16.7. The summed E-state index contributed by atoms with van der Waals surface area (Å²) < 4.78 is 55.0. The van der Waals surface area contributed by atoms with E-state index in [-0.39, 0.29) is 23.2 Å². The largest absolute Gasteiger partial charge is 0.484 e. The second-order valence-corrected chi connectivity index (χ2v) is 8.22. The lowest BCUT2D eigenvalue weighted by molar-refractivity contribution is 0.0270. The quantitative estimate of drug-likeness (QED) is 0.391. The Morgan fingerprint density at radius 1 is 1.11 bits per heavy atom. The van der Waals surface area contributed by atoms with Crippen molar-refractivity contribution in [3.05, 3.63) is 72.3 Å². The zero-order valence-corrected chi connectivity index (χ0v) is 18.6. The summed E-state index contributed by atoms with van der Waals surface area (Å²) in [6.45, 7) is 4.07. The molecule has 0 aliphatic carbocycles. The third kappa shape index (κ3) is 3.13. The van der Waals surface area contributed by atoms with Crippen molar-refractivity contribution < 1.29 is 17.9 Å². The van der Waals surface area contributed by atoms with Gasteiger partial charge in [0.2, 0.25) is 5.82 Å². The first-order valence-electron chi connectivity index (χ1n) is 10.5. The van der Waals surface area contributed by atoms with E-state index in [1.54, 1.807) is 42.1 Å². The summed E-state index contributed by atoms with van der Waals surface area (Å²) >= 11 is 0. The van der Waals surface area contributed by atoms with Crippen LogP contribution in [-0.2, 0) is 13.0 Å². The molecular weight excluding hydrogens is 461 g/mol. The summed E-state index contributed by atoms with van der Waals surface area (Å²) in [5, 5.41) is 16.1. The minimum Gasteiger partial charge on any atom is -0.484 e. The summed E-state index contributed by atoms with van der Waals surface area (Å²) in [5.41, 5.74) is 1.62. The van der Waals surface area contributed by atoms with Crippen LogP contribution in [0.4, 0.5) is 18.9 Å². The average Bonchev–Trinajstić information content (AvgIpc) is 3.46. The highest BCUT2D eigenvalue weighted by molar-refractivity contribution is 5.92. The van der Waals surface area contributed by atoms with Crippen LogP contribution in [0, 0.1) is 5.82 Å². The van der Waals surface area contributed by atoms with Crippen molar-refractivity contribution >= 4 is 22.2 Å². The number of anilines is 1. The zero-order chi connectivity index (χ0) is 24.5. The number of alkyl halides is 2. The number of benzene rings is 1. The topological polar surface area (TPSA) is 86.3 Å². The minimum absolute atomic E-state index is 0.0935. The van der Waals surface area contributed by atoms with Crippen molar-refractivity contribution in [2.24, 2.45) is 7.05 Å². The van der Waals surface area contributed by atoms with E-state index in [1.165, 1.54) is 12.3 Å². The minimum atomic E-state index is -3.87. The number of rotatable bonds is 3. The monoisotopic (exact) mass is 478 g/mol. The van der Waals surface area contributed by atoms with Crippen molar-refractivity contribution in [3.63, 3.8) is 0 Å². The molecule has 0 atom stereocenters. The lowest BCUT2D eigenvalue weighted by Gasteiger charge is -2.30. The van der Waals surface area contributed by atoms with Crippen LogP contribution in [0.25, 0.3) is 27.8 Å². The fraction of sp³-hybridized carbons (Fsp3) is 0.174. The Morgan fingerprint density at radius 2 is 1.94 bits per heavy atom. The van der Waals surface area contributed by atoms with Gasteiger partial charge >= 0.3 is 5.92 Å². The number of ether oxygens (including phenoxy) is 1. The highest BCUT2D eigenvalue weighted by Crippen LogP contribution is 2.43. The summed E-state index contributed by atoms with van der Waals surface area (Å²) in [4.78, 5) is 5.97. The molecule has 4 aromatic heterocycles. The van der Waals surface area contributed by atoms with Crippen molar-refractivity contribution in [2.75, 3.05) is 18.6 Å². The van der Waals surface area contributed by atoms with Crippen LogP contribution in [-0.4, -0.2) is 48.2 Å². The predicted octanol–water partition coefficient (Wildman–Crippen LogP) is 3.69. The summed E-state index contributed by atoms with van der Waals surface area (Å²) in [6, 6.07) is 5.14. The Hall–Kier alpha value is -4.48. The summed E-state index contributed by atoms with van der Waals surface area (Å²) in [6.07, 6.45) is 4.75. The Morgan fingerprint density at radius 3 is 2.71 bits per heavy atom. The van der Waals surface area contributed by atoms with E-state index in [0.717, 1.165) is 16.6 Å². The van der Waals surface area contributed by atoms with E-state index in [4.69, 9.17) is 4.74 Å². The second kappa shape index (κ2) is 7.26. The standard InChI is InChI=1S/C23H17F3N8O/c1-12-11-35-21-14-6-15(16(24)7-18(14)27-9-19(21)33(12)3)23(25,26)22-30-29-20-5-4-17(31-34(20)22)13-8-28-32(2)10-13/h4-10H,1,11H2,2-3H3. The molecule has 5 aromatic rings. The van der Waals surface area contributed by atoms with Crippen LogP contribution in [0.2, 0.25) is 0 Å². The number of likely N-dealkylation sites (N-methyl/N-ethyl adjacent to an activating group) is 1. The molecule has 0 fully saturated rings. The first-order valence-corrected chi connectivity index (χ1v) is 10.5. The predicted molar refractivity (Wildman–Crippen MR) is 121 cm³/mol. The van der Waals surface area contributed by atoms with E-state index in [9.17, 15) is 0 Å². The number of aromatic nitrogens is 7. The summed E-state index contributed by atoms with van der Waals surface area (Å²) in [5.74, 6) is -5.50. The molecule has 0 bridgehead atoms. The second-order valence-electron chi connectivity index (χ2n) is 8.22. The van der Waals surface area contributed by atoms with Crippen molar-refractivity contribution in [2.45, 2.75) is 5.92 Å². The van der Waals surface area contributed by atoms with E-state index in [0.29, 0.717) is 28.4 Å². The molecule has 9 nitrogen and oxygen atoms in total. The Balaban J connectivity index is 1.52. The van der Waals surface area contributed by atoms with Gasteiger partial charge < -0.3 is 9.64 Å². The molecule has 0 saturated heterocycles. The molecule has 176 valence electrons. The number of halogens is 3. The molecule has 6 rings (SSSR count). The lowest BCUT2D eigenvalue weighted by atomic mass is 10.0. The van der Waals surface area contributed by atoms with Crippen LogP contribution in [0.1, 0.15) is 11.4 Å². The molecule has 35 heavy (non-hydrogen) atoms. The van der Waals surface area contributed by atoms with Gasteiger partial charge in [-0.05, 0) is 18.2 Å². The van der Waals surface area contributed by atoms with E-state index < -0.39 is 23.1 Å². The van der Waals surface area contributed by atoms with Gasteiger partial charge in [-0.25, -0.2) is 4.39 Å². The number of fused-ring (bicyclic) bond motifs is 4. The lowest BCUT2D eigenvalue weighted by Crippen LogP contribution is -2.26. The smallest absolute Gasteiger partial charge is 0.336 e. The van der Waals surface area contributed by atoms with Crippen molar-refractivity contribution in [3.8, 4) is 17.0 Å². The van der Waals surface area contributed by atoms with Crippen molar-refractivity contribution in [1.82, 2.24) is 34.6 Å². The number of pyridine rings is 1. The third-order valence-corrected chi connectivity index (χ3v) is 5.99. The normalized spacial score (nSPS) is 14.0. The SMILES string of the molecule is C=C1COc2c(cnc3cc(F)c(C(F)(F)c4nnc5ccc(-c6cnn(C)c6)nn45)cc23)N1C. The Labute approximate surface area is 196 Å². The van der Waals surface area contributed by atoms with Gasteiger partial charge in [0.15, 0.2) is 11.4 Å². The molecular formula is C23H17F3N8O. The van der Waals surface area contributed by atoms with Gasteiger partial charge in [-0.2, -0.15) is 23.5 Å². The van der Waals surface area contributed by atoms with Gasteiger partial charge in [0.05, 0.1) is 29.2 Å². The molecule has 0 amide bonds. The van der Waals surface area contributed by atoms with Gasteiger partial charge in [0.1, 0.15) is 18.1 Å². The maximum atomic E-state index is 15.8. The van der Waals surface area contributed by atoms with Crippen LogP contribution in [0.3, 0.4) is 0 Å². The number of hydrogen-bond donors (Lipinski definition) is 0. The maximum absolute atomic E-state index is 15.8. The van der Waals surface area contributed by atoms with Crippen LogP contribution < -0.4 is 9.64 Å². The number of aryl methyl sites for hydroxylation is 1. The van der Waals surface area contributed by atoms with Crippen LogP contribution in [0.15, 0.2) is 55.1 Å². The van der Waals surface area contributed by atoms with Gasteiger partial charge in [-0.1, -0.05) is 6.58 Å². The number of hydrogen-bond acceptors (Lipinski definition) is 7. The molecule has 0 unspecified atom stereocenters. The molecule has 0 spiro atoms. The van der Waals surface area contributed by atoms with Gasteiger partial charge in [0.25, 0.3) is 0 Å². The van der Waals surface area contributed by atoms with Crippen molar-refractivity contribution in [1.29, 1.82) is 0 Å². The van der Waals surface area contributed by atoms with E-state index in [2.05, 4.69) is 32.0 Å². The molecule has 1 aliphatic rings. The molecule has 0 saturated carbocycles. The van der Waals surface area contributed by atoms with Gasteiger partial charge in [-0.3, -0.25) is 9.67 Å².